The predicted molar refractivity (Wildman–Crippen MR) is 119 cm³/mol. The van der Waals surface area contributed by atoms with E-state index in [1.807, 2.05) is 6.07 Å². The van der Waals surface area contributed by atoms with E-state index in [1.54, 1.807) is 31.2 Å². The van der Waals surface area contributed by atoms with Gasteiger partial charge in [0.25, 0.3) is 5.56 Å². The van der Waals surface area contributed by atoms with Crippen molar-refractivity contribution in [3.63, 3.8) is 0 Å². The van der Waals surface area contributed by atoms with Crippen molar-refractivity contribution >= 4 is 28.5 Å². The summed E-state index contributed by atoms with van der Waals surface area (Å²) in [6, 6.07) is 10.6. The Hall–Kier alpha value is -4.59. The summed E-state index contributed by atoms with van der Waals surface area (Å²) in [5.74, 6) is -1.75. The van der Waals surface area contributed by atoms with Gasteiger partial charge in [-0.25, -0.2) is 13.8 Å². The third-order valence-electron chi connectivity index (χ3n) is 5.00. The van der Waals surface area contributed by atoms with Crippen LogP contribution in [0.2, 0.25) is 0 Å². The molecule has 0 saturated carbocycles. The number of hydrogen-bond donors (Lipinski definition) is 3. The van der Waals surface area contributed by atoms with Crippen molar-refractivity contribution in [3.05, 3.63) is 75.8 Å². The van der Waals surface area contributed by atoms with Crippen LogP contribution in [0.15, 0.2) is 47.3 Å². The Balaban J connectivity index is 1.98. The molecular weight excluding hydrogens is 430 g/mol. The smallest absolute Gasteiger partial charge is 0.266 e. The first-order valence-electron chi connectivity index (χ1n) is 9.90. The van der Waals surface area contributed by atoms with Gasteiger partial charge in [0.2, 0.25) is 5.95 Å². The SMILES string of the molecule is CC[C@H](Nc1nc(N)nc(N)c1C#N)c1nc2ccccc2c(=O)n1-c1cc(F)cc(F)c1. The maximum atomic E-state index is 14.0. The largest absolute Gasteiger partial charge is 0.382 e. The van der Waals surface area contributed by atoms with Crippen LogP contribution in [0.25, 0.3) is 16.6 Å². The summed E-state index contributed by atoms with van der Waals surface area (Å²) < 4.78 is 29.2. The molecule has 2 aromatic heterocycles. The van der Waals surface area contributed by atoms with Crippen molar-refractivity contribution in [2.75, 3.05) is 16.8 Å². The van der Waals surface area contributed by atoms with Crippen molar-refractivity contribution in [1.82, 2.24) is 19.5 Å². The van der Waals surface area contributed by atoms with Crippen molar-refractivity contribution < 1.29 is 8.78 Å². The highest BCUT2D eigenvalue weighted by Crippen LogP contribution is 2.27. The number of hydrogen-bond acceptors (Lipinski definition) is 8. The monoisotopic (exact) mass is 448 g/mol. The van der Waals surface area contributed by atoms with Gasteiger partial charge in [-0.1, -0.05) is 19.1 Å². The summed E-state index contributed by atoms with van der Waals surface area (Å²) in [6.07, 6.45) is 0.358. The zero-order chi connectivity index (χ0) is 23.7. The highest BCUT2D eigenvalue weighted by molar-refractivity contribution is 5.78. The van der Waals surface area contributed by atoms with Gasteiger partial charge >= 0.3 is 0 Å². The fourth-order valence-corrected chi connectivity index (χ4v) is 3.53. The molecule has 2 aromatic carbocycles. The number of nitriles is 1. The second-order valence-corrected chi connectivity index (χ2v) is 7.16. The first kappa shape index (κ1) is 21.6. The maximum Gasteiger partial charge on any atom is 0.266 e. The molecule has 4 rings (SSSR count). The second kappa shape index (κ2) is 8.51. The number of fused-ring (bicyclic) bond motifs is 1. The van der Waals surface area contributed by atoms with Gasteiger partial charge in [0.05, 0.1) is 22.6 Å². The summed E-state index contributed by atoms with van der Waals surface area (Å²) in [5, 5.41) is 12.8. The maximum absolute atomic E-state index is 14.0. The lowest BCUT2D eigenvalue weighted by Crippen LogP contribution is -2.28. The van der Waals surface area contributed by atoms with E-state index in [0.717, 1.165) is 16.7 Å². The third kappa shape index (κ3) is 4.01. The van der Waals surface area contributed by atoms with Crippen LogP contribution < -0.4 is 22.3 Å². The van der Waals surface area contributed by atoms with Gasteiger partial charge in [-0.3, -0.25) is 9.36 Å². The molecule has 0 bridgehead atoms. The Kier molecular flexibility index (Phi) is 5.58. The fourth-order valence-electron chi connectivity index (χ4n) is 3.53. The lowest BCUT2D eigenvalue weighted by atomic mass is 10.1. The minimum Gasteiger partial charge on any atom is -0.382 e. The van der Waals surface area contributed by atoms with E-state index >= 15 is 0 Å². The van der Waals surface area contributed by atoms with Crippen LogP contribution in [-0.2, 0) is 0 Å². The van der Waals surface area contributed by atoms with Gasteiger partial charge in [-0.2, -0.15) is 15.2 Å². The van der Waals surface area contributed by atoms with Crippen LogP contribution in [-0.4, -0.2) is 19.5 Å². The third-order valence-corrected chi connectivity index (χ3v) is 5.00. The number of nitrogens with one attached hydrogen (secondary N) is 1. The normalized spacial score (nSPS) is 11.8. The van der Waals surface area contributed by atoms with Gasteiger partial charge in [0, 0.05) is 6.07 Å². The molecule has 4 aromatic rings. The molecular formula is C22H18F2N8O. The lowest BCUT2D eigenvalue weighted by molar-refractivity contribution is 0.578. The summed E-state index contributed by atoms with van der Waals surface area (Å²) in [4.78, 5) is 25.8. The fraction of sp³-hybridized carbons (Fsp3) is 0.136. The lowest BCUT2D eigenvalue weighted by Gasteiger charge is -2.23. The first-order chi connectivity index (χ1) is 15.8. The molecule has 11 heteroatoms. The number of nitrogen functional groups attached to an aromatic ring is 2. The number of aromatic nitrogens is 4. The van der Waals surface area contributed by atoms with Crippen LogP contribution >= 0.6 is 0 Å². The Morgan fingerprint density at radius 1 is 1.12 bits per heavy atom. The van der Waals surface area contributed by atoms with Crippen molar-refractivity contribution in [2.45, 2.75) is 19.4 Å². The Morgan fingerprint density at radius 3 is 2.48 bits per heavy atom. The molecule has 0 unspecified atom stereocenters. The van der Waals surface area contributed by atoms with Gasteiger partial charge in [-0.05, 0) is 30.7 Å². The van der Waals surface area contributed by atoms with Crippen LogP contribution in [0.1, 0.15) is 30.8 Å². The molecule has 166 valence electrons. The van der Waals surface area contributed by atoms with Crippen molar-refractivity contribution in [1.29, 1.82) is 5.26 Å². The zero-order valence-corrected chi connectivity index (χ0v) is 17.4. The van der Waals surface area contributed by atoms with Crippen LogP contribution in [0.4, 0.5) is 26.4 Å². The average molecular weight is 448 g/mol. The Morgan fingerprint density at radius 2 is 1.82 bits per heavy atom. The number of nitrogens with two attached hydrogens (primary N) is 2. The zero-order valence-electron chi connectivity index (χ0n) is 17.4. The molecule has 2 heterocycles. The summed E-state index contributed by atoms with van der Waals surface area (Å²) >= 11 is 0. The van der Waals surface area contributed by atoms with Gasteiger partial charge in [-0.15, -0.1) is 0 Å². The first-order valence-corrected chi connectivity index (χ1v) is 9.90. The molecule has 0 radical (unpaired) electrons. The van der Waals surface area contributed by atoms with E-state index in [-0.39, 0.29) is 40.0 Å². The van der Waals surface area contributed by atoms with E-state index in [1.165, 1.54) is 0 Å². The summed E-state index contributed by atoms with van der Waals surface area (Å²) in [7, 11) is 0. The van der Waals surface area contributed by atoms with Gasteiger partial charge in [0.1, 0.15) is 34.9 Å². The standard InChI is InChI=1S/C22H18F2N8O/c1-2-16(28-19-15(10-25)18(26)30-22(27)31-19)20-29-17-6-4-3-5-14(17)21(33)32(20)13-8-11(23)7-12(24)9-13/h3-9,16H,2H2,1H3,(H5,26,27,28,30,31)/t16-/m0/s1. The molecule has 5 N–H and O–H groups in total. The molecule has 0 fully saturated rings. The topological polar surface area (TPSA) is 149 Å². The molecule has 0 spiro atoms. The molecule has 0 saturated heterocycles. The number of nitrogens with zero attached hydrogens (tertiary/aromatic N) is 5. The number of anilines is 3. The minimum absolute atomic E-state index is 0.0332. The van der Waals surface area contributed by atoms with E-state index in [0.29, 0.717) is 18.0 Å². The van der Waals surface area contributed by atoms with Crippen LogP contribution in [0.3, 0.4) is 0 Å². The Bertz CT molecular complexity index is 1460. The molecule has 1 atom stereocenters. The van der Waals surface area contributed by atoms with Gasteiger partial charge < -0.3 is 16.8 Å². The van der Waals surface area contributed by atoms with Crippen LogP contribution in [0, 0.1) is 23.0 Å². The highest BCUT2D eigenvalue weighted by Gasteiger charge is 2.23. The van der Waals surface area contributed by atoms with E-state index in [4.69, 9.17) is 11.5 Å². The summed E-state index contributed by atoms with van der Waals surface area (Å²) in [6.45, 7) is 1.80. The molecule has 0 aliphatic rings. The summed E-state index contributed by atoms with van der Waals surface area (Å²) in [5.41, 5.74) is 11.3. The number of halogens is 2. The predicted octanol–water partition coefficient (Wildman–Crippen LogP) is 3.05. The van der Waals surface area contributed by atoms with Crippen molar-refractivity contribution in [3.8, 4) is 11.8 Å². The van der Waals surface area contributed by atoms with E-state index < -0.39 is 23.2 Å². The molecule has 0 amide bonds. The number of para-hydroxylation sites is 1. The van der Waals surface area contributed by atoms with E-state index in [2.05, 4.69) is 20.3 Å². The quantitative estimate of drug-likeness (QED) is 0.422. The minimum atomic E-state index is -0.847. The van der Waals surface area contributed by atoms with E-state index in [9.17, 15) is 18.8 Å². The highest BCUT2D eigenvalue weighted by atomic mass is 19.1. The average Bonchev–Trinajstić information content (AvgIpc) is 2.76. The number of benzene rings is 2. The molecule has 9 nitrogen and oxygen atoms in total. The molecule has 0 aliphatic heterocycles. The molecule has 0 aliphatic carbocycles. The number of rotatable bonds is 5. The molecule has 33 heavy (non-hydrogen) atoms. The van der Waals surface area contributed by atoms with Crippen LogP contribution in [0.5, 0.6) is 0 Å². The Labute approximate surface area is 186 Å². The van der Waals surface area contributed by atoms with Crippen molar-refractivity contribution in [2.24, 2.45) is 0 Å². The second-order valence-electron chi connectivity index (χ2n) is 7.16. The van der Waals surface area contributed by atoms with Gasteiger partial charge in [0.15, 0.2) is 5.82 Å².